The fourth-order valence-electron chi connectivity index (χ4n) is 1.68. The second-order valence-corrected chi connectivity index (χ2v) is 6.20. The van der Waals surface area contributed by atoms with E-state index in [1.54, 1.807) is 0 Å². The first-order chi connectivity index (χ1) is 9.36. The number of hydrogen-bond acceptors (Lipinski definition) is 5. The molecule has 8 nitrogen and oxygen atoms in total. The number of nitrogen functional groups attached to an aromatic ring is 1. The Morgan fingerprint density at radius 2 is 2.15 bits per heavy atom. The minimum Gasteiger partial charge on any atom is -0.381 e. The normalized spacial score (nSPS) is 11.7. The molecule has 1 heterocycles. The summed E-state index contributed by atoms with van der Waals surface area (Å²) in [5.41, 5.74) is 10.6. The van der Waals surface area contributed by atoms with Gasteiger partial charge in [0.05, 0.1) is 0 Å². The number of unbranched alkanes of at least 4 members (excludes halogenated alkanes) is 1. The van der Waals surface area contributed by atoms with Gasteiger partial charge in [0.15, 0.2) is 5.82 Å². The number of rotatable bonds is 9. The second-order valence-electron chi connectivity index (χ2n) is 4.46. The molecule has 9 heteroatoms. The molecule has 0 bridgehead atoms. The Hall–Kier alpha value is -1.61. The summed E-state index contributed by atoms with van der Waals surface area (Å²) >= 11 is 0. The van der Waals surface area contributed by atoms with Crippen LogP contribution in [0.15, 0.2) is 11.1 Å². The monoisotopic (exact) mass is 303 g/mol. The number of nitrogens with zero attached hydrogens (tertiary/aromatic N) is 2. The maximum absolute atomic E-state index is 12.0. The maximum atomic E-state index is 12.0. The molecule has 0 radical (unpaired) electrons. The van der Waals surface area contributed by atoms with Crippen molar-refractivity contribution in [3.05, 3.63) is 6.20 Å². The number of hydrogen-bond donors (Lipinski definition) is 3. The van der Waals surface area contributed by atoms with Gasteiger partial charge in [0.25, 0.3) is 0 Å². The number of carbonyl (C=O) groups is 1. The van der Waals surface area contributed by atoms with Crippen LogP contribution >= 0.6 is 0 Å². The van der Waals surface area contributed by atoms with E-state index in [0.29, 0.717) is 19.4 Å². The van der Waals surface area contributed by atoms with Crippen LogP contribution in [-0.4, -0.2) is 30.7 Å². The highest BCUT2D eigenvalue weighted by atomic mass is 32.2. The van der Waals surface area contributed by atoms with E-state index in [-0.39, 0.29) is 23.7 Å². The van der Waals surface area contributed by atoms with Gasteiger partial charge in [-0.1, -0.05) is 6.92 Å². The molecular formula is C11H21N5O3S. The minimum atomic E-state index is -3.66. The standard InChI is InChI=1S/C11H21N5O3S/c1-2-7-16-8-9(11(13)15-16)20(18,19)14-6-4-3-5-10(12)17/h8,14H,2-7H2,1H3,(H2,12,17)(H2,13,15). The molecule has 0 aromatic carbocycles. The van der Waals surface area contributed by atoms with Crippen LogP contribution in [0.25, 0.3) is 0 Å². The smallest absolute Gasteiger partial charge is 0.245 e. The number of amides is 1. The van der Waals surface area contributed by atoms with Crippen molar-refractivity contribution < 1.29 is 13.2 Å². The molecule has 0 unspecified atom stereocenters. The summed E-state index contributed by atoms with van der Waals surface area (Å²) in [6.45, 7) is 2.80. The zero-order valence-electron chi connectivity index (χ0n) is 11.5. The first kappa shape index (κ1) is 16.4. The number of primary amides is 1. The number of anilines is 1. The van der Waals surface area contributed by atoms with Gasteiger partial charge in [-0.15, -0.1) is 0 Å². The highest BCUT2D eigenvalue weighted by Gasteiger charge is 2.20. The molecule has 0 aliphatic carbocycles. The van der Waals surface area contributed by atoms with E-state index in [1.165, 1.54) is 10.9 Å². The van der Waals surface area contributed by atoms with Gasteiger partial charge >= 0.3 is 0 Å². The number of nitrogens with two attached hydrogens (primary N) is 2. The van der Waals surface area contributed by atoms with Crippen LogP contribution < -0.4 is 16.2 Å². The highest BCUT2D eigenvalue weighted by molar-refractivity contribution is 7.89. The summed E-state index contributed by atoms with van der Waals surface area (Å²) in [7, 11) is -3.66. The zero-order chi connectivity index (χ0) is 15.2. The van der Waals surface area contributed by atoms with Crippen molar-refractivity contribution in [2.24, 2.45) is 5.73 Å². The Bertz CT molecular complexity index is 552. The van der Waals surface area contributed by atoms with Gasteiger partial charge in [-0.25, -0.2) is 13.1 Å². The fraction of sp³-hybridized carbons (Fsp3) is 0.636. The lowest BCUT2D eigenvalue weighted by molar-refractivity contribution is -0.118. The largest absolute Gasteiger partial charge is 0.381 e. The average Bonchev–Trinajstić information content (AvgIpc) is 2.70. The number of aryl methyl sites for hydroxylation is 1. The van der Waals surface area contributed by atoms with Crippen LogP contribution in [0.1, 0.15) is 32.6 Å². The molecule has 20 heavy (non-hydrogen) atoms. The van der Waals surface area contributed by atoms with Crippen molar-refractivity contribution in [1.29, 1.82) is 0 Å². The summed E-state index contributed by atoms with van der Waals surface area (Å²) in [6.07, 6.45) is 3.58. The Morgan fingerprint density at radius 1 is 1.45 bits per heavy atom. The van der Waals surface area contributed by atoms with E-state index >= 15 is 0 Å². The van der Waals surface area contributed by atoms with E-state index in [2.05, 4.69) is 9.82 Å². The third kappa shape index (κ3) is 4.82. The van der Waals surface area contributed by atoms with E-state index in [0.717, 1.165) is 6.42 Å². The molecule has 114 valence electrons. The van der Waals surface area contributed by atoms with Crippen LogP contribution in [0.3, 0.4) is 0 Å². The lowest BCUT2D eigenvalue weighted by Gasteiger charge is -2.04. The van der Waals surface area contributed by atoms with Gasteiger partial charge in [-0.2, -0.15) is 5.10 Å². The molecule has 0 saturated heterocycles. The molecule has 1 amide bonds. The second kappa shape index (κ2) is 7.25. The summed E-state index contributed by atoms with van der Waals surface area (Å²) in [6, 6.07) is 0. The van der Waals surface area contributed by atoms with Crippen LogP contribution in [0.4, 0.5) is 5.82 Å². The molecule has 0 atom stereocenters. The van der Waals surface area contributed by atoms with Crippen molar-refractivity contribution in [1.82, 2.24) is 14.5 Å². The van der Waals surface area contributed by atoms with E-state index < -0.39 is 15.9 Å². The highest BCUT2D eigenvalue weighted by Crippen LogP contribution is 2.16. The Balaban J connectivity index is 2.57. The molecule has 1 rings (SSSR count). The Morgan fingerprint density at radius 3 is 2.75 bits per heavy atom. The molecule has 0 aliphatic heterocycles. The Labute approximate surface area is 118 Å². The topological polar surface area (TPSA) is 133 Å². The average molecular weight is 303 g/mol. The first-order valence-corrected chi connectivity index (χ1v) is 7.96. The molecular weight excluding hydrogens is 282 g/mol. The van der Waals surface area contributed by atoms with Crippen molar-refractivity contribution in [3.63, 3.8) is 0 Å². The lowest BCUT2D eigenvalue weighted by Crippen LogP contribution is -2.25. The van der Waals surface area contributed by atoms with Crippen molar-refractivity contribution in [3.8, 4) is 0 Å². The summed E-state index contributed by atoms with van der Waals surface area (Å²) in [5.74, 6) is -0.402. The van der Waals surface area contributed by atoms with Crippen LogP contribution in [0, 0.1) is 0 Å². The number of carbonyl (C=O) groups excluding carboxylic acids is 1. The van der Waals surface area contributed by atoms with Crippen LogP contribution in [0.2, 0.25) is 0 Å². The van der Waals surface area contributed by atoms with Gasteiger partial charge in [-0.05, 0) is 19.3 Å². The van der Waals surface area contributed by atoms with Gasteiger partial charge in [0.1, 0.15) is 4.90 Å². The fourth-order valence-corrected chi connectivity index (χ4v) is 2.82. The summed E-state index contributed by atoms with van der Waals surface area (Å²) in [5, 5.41) is 3.95. The van der Waals surface area contributed by atoms with Crippen molar-refractivity contribution in [2.75, 3.05) is 12.3 Å². The third-order valence-corrected chi connectivity index (χ3v) is 4.12. The lowest BCUT2D eigenvalue weighted by atomic mass is 10.2. The van der Waals surface area contributed by atoms with E-state index in [9.17, 15) is 13.2 Å². The molecule has 1 aromatic rings. The predicted octanol–water partition coefficient (Wildman–Crippen LogP) is -0.191. The third-order valence-electron chi connectivity index (χ3n) is 2.64. The number of nitrogens with one attached hydrogen (secondary N) is 1. The van der Waals surface area contributed by atoms with E-state index in [1.807, 2.05) is 6.92 Å². The number of sulfonamides is 1. The van der Waals surface area contributed by atoms with Gasteiger partial charge < -0.3 is 11.5 Å². The van der Waals surface area contributed by atoms with Gasteiger partial charge in [0.2, 0.25) is 15.9 Å². The molecule has 0 fully saturated rings. The molecule has 0 spiro atoms. The van der Waals surface area contributed by atoms with Crippen molar-refractivity contribution >= 4 is 21.7 Å². The summed E-state index contributed by atoms with van der Waals surface area (Å²) in [4.78, 5) is 10.5. The quantitative estimate of drug-likeness (QED) is 0.544. The minimum absolute atomic E-state index is 0.0110. The van der Waals surface area contributed by atoms with Gasteiger partial charge in [0, 0.05) is 25.7 Å². The SMILES string of the molecule is CCCn1cc(S(=O)(=O)NCCCCC(N)=O)c(N)n1. The summed E-state index contributed by atoms with van der Waals surface area (Å²) < 4.78 is 28.0. The number of aromatic nitrogens is 2. The molecule has 1 aromatic heterocycles. The van der Waals surface area contributed by atoms with Crippen molar-refractivity contribution in [2.45, 2.75) is 44.0 Å². The molecule has 0 aliphatic rings. The van der Waals surface area contributed by atoms with E-state index in [4.69, 9.17) is 11.5 Å². The molecule has 5 N–H and O–H groups in total. The Kier molecular flexibility index (Phi) is 5.96. The van der Waals surface area contributed by atoms with Crippen LogP contribution in [0.5, 0.6) is 0 Å². The van der Waals surface area contributed by atoms with Gasteiger partial charge in [-0.3, -0.25) is 9.48 Å². The predicted molar refractivity (Wildman–Crippen MR) is 75.2 cm³/mol. The zero-order valence-corrected chi connectivity index (χ0v) is 12.3. The molecule has 0 saturated carbocycles. The first-order valence-electron chi connectivity index (χ1n) is 6.47. The van der Waals surface area contributed by atoms with Crippen LogP contribution in [-0.2, 0) is 21.4 Å². The maximum Gasteiger partial charge on any atom is 0.245 e.